The van der Waals surface area contributed by atoms with E-state index in [1.54, 1.807) is 31.1 Å². The number of pyridine rings is 1. The van der Waals surface area contributed by atoms with Crippen molar-refractivity contribution in [2.45, 2.75) is 13.3 Å². The number of anilines is 1. The number of nitrogens with zero attached hydrogens (tertiary/aromatic N) is 2. The maximum Gasteiger partial charge on any atom is 0.321 e. The fourth-order valence-electron chi connectivity index (χ4n) is 1.95. The number of aryl methyl sites for hydroxylation is 1. The number of ether oxygens (including phenoxy) is 1. The van der Waals surface area contributed by atoms with Crippen LogP contribution < -0.4 is 15.4 Å². The summed E-state index contributed by atoms with van der Waals surface area (Å²) < 4.78 is 5.02. The van der Waals surface area contributed by atoms with E-state index in [4.69, 9.17) is 4.74 Å². The monoisotopic (exact) mass is 278 g/mol. The standard InChI is InChI=1S/C13H18N4O3/c1-9-10(3-4-12(15-9)20-2)16-13(19)17-7-5-11(18)14-6-8-17/h3-4H,5-8H2,1-2H3,(H,14,18)(H,16,19). The minimum absolute atomic E-state index is 0.0254. The Labute approximate surface area is 117 Å². The Morgan fingerprint density at radius 2 is 2.25 bits per heavy atom. The second kappa shape index (κ2) is 6.23. The van der Waals surface area contributed by atoms with Crippen LogP contribution in [0.1, 0.15) is 12.1 Å². The van der Waals surface area contributed by atoms with Crippen LogP contribution in [0.3, 0.4) is 0 Å². The molecule has 20 heavy (non-hydrogen) atoms. The van der Waals surface area contributed by atoms with Crippen molar-refractivity contribution in [3.8, 4) is 5.88 Å². The number of carbonyl (C=O) groups is 2. The van der Waals surface area contributed by atoms with Gasteiger partial charge in [-0.3, -0.25) is 4.79 Å². The number of urea groups is 1. The zero-order chi connectivity index (χ0) is 14.5. The van der Waals surface area contributed by atoms with Gasteiger partial charge in [0.25, 0.3) is 0 Å². The molecule has 1 aromatic rings. The summed E-state index contributed by atoms with van der Waals surface area (Å²) in [6, 6.07) is 3.22. The molecule has 0 unspecified atom stereocenters. The van der Waals surface area contributed by atoms with Gasteiger partial charge >= 0.3 is 6.03 Å². The van der Waals surface area contributed by atoms with E-state index in [2.05, 4.69) is 15.6 Å². The molecule has 0 bridgehead atoms. The molecule has 1 fully saturated rings. The summed E-state index contributed by atoms with van der Waals surface area (Å²) in [4.78, 5) is 29.2. The maximum atomic E-state index is 12.2. The van der Waals surface area contributed by atoms with Crippen molar-refractivity contribution in [1.29, 1.82) is 0 Å². The number of methoxy groups -OCH3 is 1. The van der Waals surface area contributed by atoms with E-state index in [1.165, 1.54) is 0 Å². The number of hydrogen-bond donors (Lipinski definition) is 2. The minimum atomic E-state index is -0.225. The van der Waals surface area contributed by atoms with Crippen molar-refractivity contribution in [3.63, 3.8) is 0 Å². The molecule has 1 aromatic heterocycles. The third-order valence-corrected chi connectivity index (χ3v) is 3.11. The first kappa shape index (κ1) is 14.1. The molecule has 0 aliphatic carbocycles. The molecule has 0 saturated carbocycles. The SMILES string of the molecule is COc1ccc(NC(=O)N2CCNC(=O)CC2)c(C)n1. The zero-order valence-corrected chi connectivity index (χ0v) is 11.6. The lowest BCUT2D eigenvalue weighted by Crippen LogP contribution is -2.37. The van der Waals surface area contributed by atoms with Crippen molar-refractivity contribution in [1.82, 2.24) is 15.2 Å². The summed E-state index contributed by atoms with van der Waals surface area (Å²) in [6.45, 7) is 3.19. The first-order valence-electron chi connectivity index (χ1n) is 6.44. The number of nitrogens with one attached hydrogen (secondary N) is 2. The van der Waals surface area contributed by atoms with Crippen molar-refractivity contribution < 1.29 is 14.3 Å². The third kappa shape index (κ3) is 3.37. The zero-order valence-electron chi connectivity index (χ0n) is 11.6. The summed E-state index contributed by atoms with van der Waals surface area (Å²) in [7, 11) is 1.54. The van der Waals surface area contributed by atoms with Crippen molar-refractivity contribution in [2.24, 2.45) is 0 Å². The lowest BCUT2D eigenvalue weighted by molar-refractivity contribution is -0.120. The predicted molar refractivity (Wildman–Crippen MR) is 73.7 cm³/mol. The molecule has 7 heteroatoms. The van der Waals surface area contributed by atoms with E-state index < -0.39 is 0 Å². The summed E-state index contributed by atoms with van der Waals surface area (Å²) in [6.07, 6.45) is 0.327. The maximum absolute atomic E-state index is 12.2. The fraction of sp³-hybridized carbons (Fsp3) is 0.462. The lowest BCUT2D eigenvalue weighted by Gasteiger charge is -2.20. The second-order valence-electron chi connectivity index (χ2n) is 4.50. The molecule has 1 saturated heterocycles. The van der Waals surface area contributed by atoms with Gasteiger partial charge in [0.1, 0.15) is 0 Å². The molecule has 0 spiro atoms. The second-order valence-corrected chi connectivity index (χ2v) is 4.50. The first-order valence-corrected chi connectivity index (χ1v) is 6.44. The molecule has 108 valence electrons. The van der Waals surface area contributed by atoms with Crippen LogP contribution in [0, 0.1) is 6.92 Å². The van der Waals surface area contributed by atoms with Gasteiger partial charge in [0.05, 0.1) is 18.5 Å². The van der Waals surface area contributed by atoms with Crippen molar-refractivity contribution in [3.05, 3.63) is 17.8 Å². The highest BCUT2D eigenvalue weighted by Crippen LogP contribution is 2.17. The predicted octanol–water partition coefficient (Wildman–Crippen LogP) is 0.752. The molecule has 7 nitrogen and oxygen atoms in total. The molecule has 0 aromatic carbocycles. The fourth-order valence-corrected chi connectivity index (χ4v) is 1.95. The Morgan fingerprint density at radius 1 is 1.45 bits per heavy atom. The smallest absolute Gasteiger partial charge is 0.321 e. The van der Waals surface area contributed by atoms with Crippen LogP contribution in [0.2, 0.25) is 0 Å². The van der Waals surface area contributed by atoms with Crippen LogP contribution in [-0.4, -0.2) is 48.6 Å². The Kier molecular flexibility index (Phi) is 4.39. The summed E-state index contributed by atoms with van der Waals surface area (Å²) >= 11 is 0. The third-order valence-electron chi connectivity index (χ3n) is 3.11. The summed E-state index contributed by atoms with van der Waals surface area (Å²) in [5.74, 6) is 0.479. The van der Waals surface area contributed by atoms with Crippen LogP contribution in [0.15, 0.2) is 12.1 Å². The topological polar surface area (TPSA) is 83.6 Å². The number of rotatable bonds is 2. The Hall–Kier alpha value is -2.31. The van der Waals surface area contributed by atoms with Gasteiger partial charge in [0, 0.05) is 32.1 Å². The number of carbonyl (C=O) groups excluding carboxylic acids is 2. The van der Waals surface area contributed by atoms with Crippen molar-refractivity contribution >= 4 is 17.6 Å². The average molecular weight is 278 g/mol. The number of hydrogen-bond acceptors (Lipinski definition) is 4. The minimum Gasteiger partial charge on any atom is -0.481 e. The van der Waals surface area contributed by atoms with E-state index in [1.807, 2.05) is 0 Å². The van der Waals surface area contributed by atoms with Gasteiger partial charge < -0.3 is 20.3 Å². The molecule has 0 radical (unpaired) electrons. The number of aromatic nitrogens is 1. The molecule has 2 heterocycles. The van der Waals surface area contributed by atoms with Crippen LogP contribution in [0.5, 0.6) is 5.88 Å². The largest absolute Gasteiger partial charge is 0.481 e. The van der Waals surface area contributed by atoms with Gasteiger partial charge in [-0.25, -0.2) is 9.78 Å². The molecule has 1 aliphatic rings. The van der Waals surface area contributed by atoms with Gasteiger partial charge in [-0.05, 0) is 13.0 Å². The highest BCUT2D eigenvalue weighted by Gasteiger charge is 2.19. The first-order chi connectivity index (χ1) is 9.60. The molecule has 3 amide bonds. The van der Waals surface area contributed by atoms with E-state index in [0.717, 1.165) is 0 Å². The van der Waals surface area contributed by atoms with Gasteiger partial charge in [-0.1, -0.05) is 0 Å². The van der Waals surface area contributed by atoms with E-state index in [0.29, 0.717) is 43.3 Å². The van der Waals surface area contributed by atoms with Crippen molar-refractivity contribution in [2.75, 3.05) is 32.1 Å². The average Bonchev–Trinajstić information content (AvgIpc) is 2.65. The van der Waals surface area contributed by atoms with Gasteiger partial charge in [0.15, 0.2) is 0 Å². The Bertz CT molecular complexity index is 518. The normalized spacial score (nSPS) is 15.3. The van der Waals surface area contributed by atoms with Crippen LogP contribution in [-0.2, 0) is 4.79 Å². The highest BCUT2D eigenvalue weighted by atomic mass is 16.5. The van der Waals surface area contributed by atoms with Gasteiger partial charge in [-0.2, -0.15) is 0 Å². The lowest BCUT2D eigenvalue weighted by atomic mass is 10.3. The molecule has 2 N–H and O–H groups in total. The van der Waals surface area contributed by atoms with Gasteiger partial charge in [-0.15, -0.1) is 0 Å². The van der Waals surface area contributed by atoms with E-state index >= 15 is 0 Å². The molecule has 1 aliphatic heterocycles. The summed E-state index contributed by atoms with van der Waals surface area (Å²) in [5, 5.41) is 5.53. The van der Waals surface area contributed by atoms with Crippen LogP contribution in [0.25, 0.3) is 0 Å². The number of amides is 3. The molecular weight excluding hydrogens is 260 g/mol. The van der Waals surface area contributed by atoms with Crippen LogP contribution >= 0.6 is 0 Å². The Balaban J connectivity index is 2.02. The van der Waals surface area contributed by atoms with E-state index in [9.17, 15) is 9.59 Å². The Morgan fingerprint density at radius 3 is 2.95 bits per heavy atom. The van der Waals surface area contributed by atoms with Gasteiger partial charge in [0.2, 0.25) is 11.8 Å². The quantitative estimate of drug-likeness (QED) is 0.836. The molecule has 2 rings (SSSR count). The highest BCUT2D eigenvalue weighted by molar-refractivity contribution is 5.90. The van der Waals surface area contributed by atoms with Crippen LogP contribution in [0.4, 0.5) is 10.5 Å². The van der Waals surface area contributed by atoms with E-state index in [-0.39, 0.29) is 11.9 Å². The molecular formula is C13H18N4O3. The summed E-state index contributed by atoms with van der Waals surface area (Å²) in [5.41, 5.74) is 1.32. The molecule has 0 atom stereocenters.